The minimum Gasteiger partial charge on any atom is -0.361 e. The molecule has 1 aliphatic carbocycles. The SMILES string of the molecule is CC(=O)Nc1cccc2c1[nH]c(=O)n2[C@H]1CC[C@@H](C(=O)Nc2ccc3cc[nH]c3c2)CC1. The van der Waals surface area contributed by atoms with E-state index in [0.717, 1.165) is 34.9 Å². The lowest BCUT2D eigenvalue weighted by molar-refractivity contribution is -0.121. The molecule has 32 heavy (non-hydrogen) atoms. The summed E-state index contributed by atoms with van der Waals surface area (Å²) in [6, 6.07) is 13.3. The fraction of sp³-hybridized carbons (Fsp3) is 0.292. The number of nitrogens with one attached hydrogen (secondary N) is 4. The van der Waals surface area contributed by atoms with Gasteiger partial charge in [0.2, 0.25) is 11.8 Å². The molecule has 2 amide bonds. The summed E-state index contributed by atoms with van der Waals surface area (Å²) in [5.74, 6) is -0.247. The maximum Gasteiger partial charge on any atom is 0.326 e. The van der Waals surface area contributed by atoms with E-state index in [2.05, 4.69) is 20.6 Å². The molecule has 0 aliphatic heterocycles. The maximum atomic E-state index is 12.8. The van der Waals surface area contributed by atoms with Crippen LogP contribution in [0.5, 0.6) is 0 Å². The van der Waals surface area contributed by atoms with Crippen LogP contribution in [0.2, 0.25) is 0 Å². The number of fused-ring (bicyclic) bond motifs is 2. The molecule has 1 aliphatic rings. The van der Waals surface area contributed by atoms with Crippen molar-refractivity contribution in [3.05, 3.63) is 59.1 Å². The number of hydrogen-bond donors (Lipinski definition) is 4. The fourth-order valence-electron chi connectivity index (χ4n) is 4.77. The van der Waals surface area contributed by atoms with Crippen molar-refractivity contribution >= 4 is 45.1 Å². The van der Waals surface area contributed by atoms with Gasteiger partial charge in [0, 0.05) is 36.3 Å². The van der Waals surface area contributed by atoms with Gasteiger partial charge in [0.1, 0.15) is 0 Å². The van der Waals surface area contributed by atoms with E-state index in [0.29, 0.717) is 24.0 Å². The second kappa shape index (κ2) is 8.03. The van der Waals surface area contributed by atoms with Crippen molar-refractivity contribution in [1.82, 2.24) is 14.5 Å². The molecule has 8 heteroatoms. The molecule has 4 N–H and O–H groups in total. The van der Waals surface area contributed by atoms with Gasteiger partial charge in [-0.25, -0.2) is 4.79 Å². The highest BCUT2D eigenvalue weighted by Crippen LogP contribution is 2.34. The van der Waals surface area contributed by atoms with Crippen LogP contribution >= 0.6 is 0 Å². The first-order valence-corrected chi connectivity index (χ1v) is 10.9. The van der Waals surface area contributed by atoms with E-state index in [9.17, 15) is 14.4 Å². The van der Waals surface area contributed by atoms with E-state index in [4.69, 9.17) is 0 Å². The van der Waals surface area contributed by atoms with Crippen molar-refractivity contribution in [2.24, 2.45) is 5.92 Å². The summed E-state index contributed by atoms with van der Waals surface area (Å²) >= 11 is 0. The zero-order chi connectivity index (χ0) is 22.2. The molecule has 5 rings (SSSR count). The summed E-state index contributed by atoms with van der Waals surface area (Å²) in [7, 11) is 0. The summed E-state index contributed by atoms with van der Waals surface area (Å²) in [4.78, 5) is 43.1. The van der Waals surface area contributed by atoms with Crippen molar-refractivity contribution in [3.63, 3.8) is 0 Å². The number of carbonyl (C=O) groups is 2. The van der Waals surface area contributed by atoms with Crippen molar-refractivity contribution in [2.75, 3.05) is 10.6 Å². The molecule has 0 spiro atoms. The van der Waals surface area contributed by atoms with Gasteiger partial charge >= 0.3 is 5.69 Å². The zero-order valence-electron chi connectivity index (χ0n) is 17.8. The molecule has 2 heterocycles. The molecule has 164 valence electrons. The number of aromatic amines is 2. The molecule has 1 saturated carbocycles. The second-order valence-electron chi connectivity index (χ2n) is 8.46. The number of benzene rings is 2. The van der Waals surface area contributed by atoms with Crippen LogP contribution in [0, 0.1) is 5.92 Å². The minimum atomic E-state index is -0.190. The number of aromatic nitrogens is 3. The molecular weight excluding hydrogens is 406 g/mol. The lowest BCUT2D eigenvalue weighted by Crippen LogP contribution is -2.31. The van der Waals surface area contributed by atoms with E-state index in [-0.39, 0.29) is 29.5 Å². The third-order valence-electron chi connectivity index (χ3n) is 6.32. The van der Waals surface area contributed by atoms with Crippen LogP contribution in [0.25, 0.3) is 21.9 Å². The number of amides is 2. The molecule has 4 aromatic rings. The Morgan fingerprint density at radius 2 is 1.84 bits per heavy atom. The van der Waals surface area contributed by atoms with Crippen LogP contribution in [0.3, 0.4) is 0 Å². The zero-order valence-corrected chi connectivity index (χ0v) is 17.8. The van der Waals surface area contributed by atoms with Gasteiger partial charge in [-0.2, -0.15) is 0 Å². The quantitative estimate of drug-likeness (QED) is 0.390. The first kappa shape index (κ1) is 20.1. The summed E-state index contributed by atoms with van der Waals surface area (Å²) < 4.78 is 1.77. The Labute approximate surface area is 184 Å². The van der Waals surface area contributed by atoms with E-state index in [1.165, 1.54) is 6.92 Å². The van der Waals surface area contributed by atoms with Crippen LogP contribution in [-0.2, 0) is 9.59 Å². The Bertz CT molecular complexity index is 1370. The van der Waals surface area contributed by atoms with Crippen molar-refractivity contribution in [1.29, 1.82) is 0 Å². The Morgan fingerprint density at radius 3 is 2.62 bits per heavy atom. The lowest BCUT2D eigenvalue weighted by Gasteiger charge is -2.28. The lowest BCUT2D eigenvalue weighted by atomic mass is 9.85. The first-order valence-electron chi connectivity index (χ1n) is 10.9. The molecule has 0 bridgehead atoms. The average Bonchev–Trinajstić information content (AvgIpc) is 3.37. The Morgan fingerprint density at radius 1 is 1.03 bits per heavy atom. The van der Waals surface area contributed by atoms with Crippen LogP contribution in [0.15, 0.2) is 53.5 Å². The average molecular weight is 431 g/mol. The van der Waals surface area contributed by atoms with Crippen LogP contribution in [0.1, 0.15) is 38.6 Å². The number of imidazole rings is 1. The normalized spacial score (nSPS) is 18.7. The van der Waals surface area contributed by atoms with Gasteiger partial charge in [0.15, 0.2) is 0 Å². The number of hydrogen-bond acceptors (Lipinski definition) is 3. The molecule has 0 atom stereocenters. The topological polar surface area (TPSA) is 112 Å². The fourth-order valence-corrected chi connectivity index (χ4v) is 4.77. The number of para-hydroxylation sites is 1. The molecule has 1 fully saturated rings. The predicted molar refractivity (Wildman–Crippen MR) is 125 cm³/mol. The van der Waals surface area contributed by atoms with Crippen LogP contribution in [-0.4, -0.2) is 26.3 Å². The molecule has 0 saturated heterocycles. The Balaban J connectivity index is 1.29. The maximum absolute atomic E-state index is 12.8. The van der Waals surface area contributed by atoms with Gasteiger partial charge in [-0.05, 0) is 61.4 Å². The molecule has 2 aromatic carbocycles. The van der Waals surface area contributed by atoms with Gasteiger partial charge in [0.05, 0.1) is 16.7 Å². The predicted octanol–water partition coefficient (Wildman–Crippen LogP) is 4.14. The third-order valence-corrected chi connectivity index (χ3v) is 6.32. The number of anilines is 2. The van der Waals surface area contributed by atoms with Crippen molar-refractivity contribution in [3.8, 4) is 0 Å². The highest BCUT2D eigenvalue weighted by molar-refractivity contribution is 5.98. The van der Waals surface area contributed by atoms with Gasteiger partial charge in [-0.15, -0.1) is 0 Å². The van der Waals surface area contributed by atoms with E-state index in [1.54, 1.807) is 10.6 Å². The van der Waals surface area contributed by atoms with Crippen LogP contribution in [0.4, 0.5) is 11.4 Å². The van der Waals surface area contributed by atoms with Gasteiger partial charge in [0.25, 0.3) is 0 Å². The number of H-pyrrole nitrogens is 2. The standard InChI is InChI=1S/C24H25N5O3/c1-14(30)26-19-3-2-4-21-22(19)28-24(32)29(21)18-9-6-16(7-10-18)23(31)27-17-8-5-15-11-12-25-20(15)13-17/h2-5,8,11-13,16,18,25H,6-7,9-10H2,1H3,(H,26,30)(H,27,31)(H,28,32)/t16-,18+. The smallest absolute Gasteiger partial charge is 0.326 e. The van der Waals surface area contributed by atoms with Gasteiger partial charge < -0.3 is 20.6 Å². The molecule has 8 nitrogen and oxygen atoms in total. The second-order valence-corrected chi connectivity index (χ2v) is 8.46. The molecule has 0 radical (unpaired) electrons. The van der Waals surface area contributed by atoms with Crippen molar-refractivity contribution < 1.29 is 9.59 Å². The summed E-state index contributed by atoms with van der Waals surface area (Å²) in [6.07, 6.45) is 4.79. The number of nitrogens with zero attached hydrogens (tertiary/aromatic N) is 1. The largest absolute Gasteiger partial charge is 0.361 e. The van der Waals surface area contributed by atoms with E-state index < -0.39 is 0 Å². The van der Waals surface area contributed by atoms with E-state index in [1.807, 2.05) is 42.6 Å². The van der Waals surface area contributed by atoms with Gasteiger partial charge in [-0.1, -0.05) is 12.1 Å². The molecule has 0 unspecified atom stereocenters. The minimum absolute atomic E-state index is 0.0168. The highest BCUT2D eigenvalue weighted by atomic mass is 16.2. The highest BCUT2D eigenvalue weighted by Gasteiger charge is 2.29. The summed E-state index contributed by atoms with van der Waals surface area (Å²) in [5, 5.41) is 6.91. The van der Waals surface area contributed by atoms with Crippen molar-refractivity contribution in [2.45, 2.75) is 38.6 Å². The summed E-state index contributed by atoms with van der Waals surface area (Å²) in [6.45, 7) is 1.44. The number of rotatable bonds is 4. The third kappa shape index (κ3) is 3.68. The molecule has 2 aromatic heterocycles. The molecular formula is C24H25N5O3. The first-order chi connectivity index (χ1) is 15.5. The summed E-state index contributed by atoms with van der Waals surface area (Å²) in [5.41, 5.74) is 3.58. The Hall–Kier alpha value is -3.81. The van der Waals surface area contributed by atoms with Gasteiger partial charge in [-0.3, -0.25) is 14.2 Å². The Kier molecular flexibility index (Phi) is 5.05. The monoisotopic (exact) mass is 431 g/mol. The number of carbonyl (C=O) groups excluding carboxylic acids is 2. The van der Waals surface area contributed by atoms with E-state index >= 15 is 0 Å². The van der Waals surface area contributed by atoms with Crippen LogP contribution < -0.4 is 16.3 Å².